The van der Waals surface area contributed by atoms with Gasteiger partial charge in [-0.05, 0) is 37.0 Å². The van der Waals surface area contributed by atoms with Crippen LogP contribution >= 0.6 is 0 Å². The Kier molecular flexibility index (Phi) is 6.13. The van der Waals surface area contributed by atoms with Crippen molar-refractivity contribution in [1.29, 1.82) is 0 Å². The van der Waals surface area contributed by atoms with Gasteiger partial charge in [0.2, 0.25) is 0 Å². The first-order valence-corrected chi connectivity index (χ1v) is 7.86. The van der Waals surface area contributed by atoms with Gasteiger partial charge in [0.05, 0.1) is 6.10 Å². The molecule has 0 spiro atoms. The maximum absolute atomic E-state index is 6.13. The highest BCUT2D eigenvalue weighted by Gasteiger charge is 2.21. The van der Waals surface area contributed by atoms with Crippen LogP contribution in [0.3, 0.4) is 0 Å². The highest BCUT2D eigenvalue weighted by atomic mass is 16.7. The van der Waals surface area contributed by atoms with E-state index in [0.29, 0.717) is 6.10 Å². The van der Waals surface area contributed by atoms with Gasteiger partial charge in [-0.1, -0.05) is 51.0 Å². The van der Waals surface area contributed by atoms with Gasteiger partial charge in [-0.3, -0.25) is 0 Å². The van der Waals surface area contributed by atoms with Crippen LogP contribution in [0.15, 0.2) is 30.8 Å². The van der Waals surface area contributed by atoms with E-state index < -0.39 is 0 Å². The van der Waals surface area contributed by atoms with E-state index in [1.54, 1.807) is 0 Å². The topological polar surface area (TPSA) is 18.5 Å². The fourth-order valence-corrected chi connectivity index (χ4v) is 2.60. The van der Waals surface area contributed by atoms with Gasteiger partial charge in [0.15, 0.2) is 6.29 Å². The van der Waals surface area contributed by atoms with Crippen LogP contribution in [0.2, 0.25) is 0 Å². The smallest absolute Gasteiger partial charge is 0.200 e. The van der Waals surface area contributed by atoms with Crippen molar-refractivity contribution in [2.45, 2.75) is 64.3 Å². The lowest BCUT2D eigenvalue weighted by molar-refractivity contribution is -0.121. The van der Waals surface area contributed by atoms with Crippen molar-refractivity contribution in [3.63, 3.8) is 0 Å². The van der Waals surface area contributed by atoms with Gasteiger partial charge in [0.25, 0.3) is 0 Å². The molecule has 1 atom stereocenters. The van der Waals surface area contributed by atoms with Crippen LogP contribution < -0.4 is 4.74 Å². The van der Waals surface area contributed by atoms with Crippen molar-refractivity contribution in [3.05, 3.63) is 36.4 Å². The van der Waals surface area contributed by atoms with Crippen molar-refractivity contribution in [2.24, 2.45) is 0 Å². The summed E-state index contributed by atoms with van der Waals surface area (Å²) < 4.78 is 12.2. The first-order valence-electron chi connectivity index (χ1n) is 7.86. The fourth-order valence-electron chi connectivity index (χ4n) is 2.60. The average molecular weight is 274 g/mol. The summed E-state index contributed by atoms with van der Waals surface area (Å²) in [6.07, 6.45) is 10.4. The molecule has 0 bridgehead atoms. The molecule has 1 aliphatic carbocycles. The second-order valence-corrected chi connectivity index (χ2v) is 5.51. The second kappa shape index (κ2) is 8.11. The normalized spacial score (nSPS) is 17.1. The molecule has 1 aliphatic rings. The third-order valence-corrected chi connectivity index (χ3v) is 3.82. The lowest BCUT2D eigenvalue weighted by atomic mass is 10.2. The zero-order valence-corrected chi connectivity index (χ0v) is 12.5. The van der Waals surface area contributed by atoms with Gasteiger partial charge in [-0.25, -0.2) is 0 Å². The number of rotatable bonds is 8. The summed E-state index contributed by atoms with van der Waals surface area (Å²) >= 11 is 0. The van der Waals surface area contributed by atoms with Gasteiger partial charge >= 0.3 is 0 Å². The van der Waals surface area contributed by atoms with Crippen LogP contribution in [0.4, 0.5) is 0 Å². The summed E-state index contributed by atoms with van der Waals surface area (Å²) in [6, 6.07) is 8.03. The molecule has 2 heteroatoms. The summed E-state index contributed by atoms with van der Waals surface area (Å²) in [4.78, 5) is 0. The van der Waals surface area contributed by atoms with E-state index >= 15 is 0 Å². The highest BCUT2D eigenvalue weighted by molar-refractivity contribution is 5.48. The van der Waals surface area contributed by atoms with Crippen LogP contribution in [0.25, 0.3) is 6.08 Å². The molecule has 20 heavy (non-hydrogen) atoms. The molecule has 1 aromatic rings. The molecule has 0 saturated heterocycles. The number of benzene rings is 1. The van der Waals surface area contributed by atoms with E-state index in [1.165, 1.54) is 32.1 Å². The molecule has 0 aliphatic heterocycles. The molecular formula is C18H26O2. The summed E-state index contributed by atoms with van der Waals surface area (Å²) in [6.45, 7) is 5.96. The summed E-state index contributed by atoms with van der Waals surface area (Å²) in [5.41, 5.74) is 1.11. The van der Waals surface area contributed by atoms with Crippen LogP contribution in [-0.4, -0.2) is 12.4 Å². The highest BCUT2D eigenvalue weighted by Crippen LogP contribution is 2.25. The Bertz CT molecular complexity index is 390. The van der Waals surface area contributed by atoms with Crippen LogP contribution in [0.1, 0.15) is 57.4 Å². The Balaban J connectivity index is 1.92. The molecule has 110 valence electrons. The molecule has 2 rings (SSSR count). The molecule has 0 aromatic heterocycles. The first-order chi connectivity index (χ1) is 9.81. The van der Waals surface area contributed by atoms with Crippen molar-refractivity contribution >= 4 is 6.08 Å². The molecule has 0 radical (unpaired) electrons. The van der Waals surface area contributed by atoms with Gasteiger partial charge < -0.3 is 9.47 Å². The molecule has 0 amide bonds. The minimum absolute atomic E-state index is 0.104. The van der Waals surface area contributed by atoms with Gasteiger partial charge in [0.1, 0.15) is 5.75 Å². The zero-order chi connectivity index (χ0) is 14.2. The van der Waals surface area contributed by atoms with Gasteiger partial charge in [0, 0.05) is 6.42 Å². The van der Waals surface area contributed by atoms with E-state index in [0.717, 1.165) is 24.2 Å². The zero-order valence-electron chi connectivity index (χ0n) is 12.5. The largest absolute Gasteiger partial charge is 0.465 e. The van der Waals surface area contributed by atoms with Crippen LogP contribution in [0, 0.1) is 0 Å². The van der Waals surface area contributed by atoms with E-state index in [9.17, 15) is 0 Å². The van der Waals surface area contributed by atoms with Crippen LogP contribution in [-0.2, 0) is 4.74 Å². The average Bonchev–Trinajstić information content (AvgIpc) is 2.98. The Morgan fingerprint density at radius 1 is 1.25 bits per heavy atom. The number of unbranched alkanes of at least 4 members (excludes halogenated alkanes) is 1. The lowest BCUT2D eigenvalue weighted by Crippen LogP contribution is -2.25. The van der Waals surface area contributed by atoms with E-state index in [1.807, 2.05) is 30.3 Å². The minimum Gasteiger partial charge on any atom is -0.465 e. The number of hydrogen-bond donors (Lipinski definition) is 0. The SMILES string of the molecule is C=Cc1ccc(OC(CCCC)OC2CCCC2)cc1. The standard InChI is InChI=1S/C18H26O2/c1-3-5-10-18(19-16-8-6-7-9-16)20-17-13-11-15(4-2)12-14-17/h4,11-14,16,18H,2-3,5-10H2,1H3. The monoisotopic (exact) mass is 274 g/mol. The molecular weight excluding hydrogens is 248 g/mol. The molecule has 2 nitrogen and oxygen atoms in total. The predicted octanol–water partition coefficient (Wildman–Crippen LogP) is 5.18. The fraction of sp³-hybridized carbons (Fsp3) is 0.556. The summed E-state index contributed by atoms with van der Waals surface area (Å²) in [5, 5.41) is 0. The van der Waals surface area contributed by atoms with E-state index in [2.05, 4.69) is 13.5 Å². The maximum Gasteiger partial charge on any atom is 0.200 e. The Hall–Kier alpha value is -1.28. The molecule has 0 N–H and O–H groups in total. The molecule has 0 heterocycles. The summed E-state index contributed by atoms with van der Waals surface area (Å²) in [5.74, 6) is 0.884. The first kappa shape index (κ1) is 15.1. The Morgan fingerprint density at radius 2 is 1.95 bits per heavy atom. The van der Waals surface area contributed by atoms with Gasteiger partial charge in [-0.15, -0.1) is 0 Å². The van der Waals surface area contributed by atoms with Gasteiger partial charge in [-0.2, -0.15) is 0 Å². The molecule has 1 aromatic carbocycles. The third kappa shape index (κ3) is 4.68. The molecule has 1 fully saturated rings. The Labute approximate surface area is 122 Å². The van der Waals surface area contributed by atoms with Crippen molar-refractivity contribution in [2.75, 3.05) is 0 Å². The third-order valence-electron chi connectivity index (χ3n) is 3.82. The summed E-state index contributed by atoms with van der Waals surface area (Å²) in [7, 11) is 0. The Morgan fingerprint density at radius 3 is 2.55 bits per heavy atom. The molecule has 1 unspecified atom stereocenters. The van der Waals surface area contributed by atoms with E-state index in [4.69, 9.17) is 9.47 Å². The maximum atomic E-state index is 6.13. The second-order valence-electron chi connectivity index (χ2n) is 5.51. The number of ether oxygens (including phenoxy) is 2. The van der Waals surface area contributed by atoms with Crippen molar-refractivity contribution in [1.82, 2.24) is 0 Å². The van der Waals surface area contributed by atoms with Crippen molar-refractivity contribution < 1.29 is 9.47 Å². The molecule has 1 saturated carbocycles. The lowest BCUT2D eigenvalue weighted by Gasteiger charge is -2.23. The minimum atomic E-state index is -0.104. The van der Waals surface area contributed by atoms with Crippen molar-refractivity contribution in [3.8, 4) is 5.75 Å². The predicted molar refractivity (Wildman–Crippen MR) is 83.8 cm³/mol. The van der Waals surface area contributed by atoms with Crippen LogP contribution in [0.5, 0.6) is 5.75 Å². The van der Waals surface area contributed by atoms with E-state index in [-0.39, 0.29) is 6.29 Å². The quantitative estimate of drug-likeness (QED) is 0.608. The number of hydrogen-bond acceptors (Lipinski definition) is 2.